The summed E-state index contributed by atoms with van der Waals surface area (Å²) >= 11 is 0. The minimum absolute atomic E-state index is 0.0533. The number of imidazole rings is 1. The topological polar surface area (TPSA) is 87.3 Å². The van der Waals surface area contributed by atoms with Crippen LogP contribution in [0.25, 0.3) is 11.0 Å². The van der Waals surface area contributed by atoms with Gasteiger partial charge in [-0.1, -0.05) is 12.6 Å². The van der Waals surface area contributed by atoms with E-state index in [1.807, 2.05) is 6.07 Å². The number of para-hydroxylation sites is 1. The van der Waals surface area contributed by atoms with Crippen LogP contribution in [0.2, 0.25) is 0 Å². The molecule has 2 fully saturated rings. The molecule has 0 radical (unpaired) electrons. The summed E-state index contributed by atoms with van der Waals surface area (Å²) in [5, 5.41) is 2.89. The van der Waals surface area contributed by atoms with Gasteiger partial charge in [-0.2, -0.15) is 0 Å². The second-order valence-corrected chi connectivity index (χ2v) is 6.76. The molecule has 0 bridgehead atoms. The van der Waals surface area contributed by atoms with Crippen LogP contribution in [0, 0.1) is 5.41 Å². The summed E-state index contributed by atoms with van der Waals surface area (Å²) in [5.41, 5.74) is 2.21. The average molecular weight is 340 g/mol. The Kier molecular flexibility index (Phi) is 3.52. The first kappa shape index (κ1) is 15.7. The van der Waals surface area contributed by atoms with E-state index < -0.39 is 5.97 Å². The van der Waals surface area contributed by atoms with Gasteiger partial charge >= 0.3 is 5.97 Å². The highest BCUT2D eigenvalue weighted by atomic mass is 16.5. The number of piperidine rings is 1. The number of hydrogen-bond donors (Lipinski definition) is 2. The molecular weight excluding hydrogens is 320 g/mol. The highest BCUT2D eigenvalue weighted by Gasteiger charge is 2.47. The van der Waals surface area contributed by atoms with Gasteiger partial charge in [-0.3, -0.25) is 4.79 Å². The Morgan fingerprint density at radius 2 is 2.24 bits per heavy atom. The highest BCUT2D eigenvalue weighted by molar-refractivity contribution is 6.02. The van der Waals surface area contributed by atoms with E-state index in [1.54, 1.807) is 12.1 Å². The lowest BCUT2D eigenvalue weighted by molar-refractivity contribution is -0.131. The maximum Gasteiger partial charge on any atom is 0.340 e. The first-order valence-corrected chi connectivity index (χ1v) is 8.34. The molecule has 7 nitrogen and oxygen atoms in total. The van der Waals surface area contributed by atoms with Crippen molar-refractivity contribution < 1.29 is 14.3 Å². The van der Waals surface area contributed by atoms with E-state index in [9.17, 15) is 9.59 Å². The second-order valence-electron chi connectivity index (χ2n) is 6.76. The highest BCUT2D eigenvalue weighted by Crippen LogP contribution is 2.40. The number of esters is 1. The standard InChI is InChI=1S/C18H20N4O3/c1-11-6-7-18(16(24)19-11)8-9-22(10-18)17-20-13-5-3-4-12(14(13)21-17)15(23)25-2/h3-5H,1,6-10H2,2H3,(H,19,24)(H,20,21). The Morgan fingerprint density at radius 3 is 3.00 bits per heavy atom. The maximum atomic E-state index is 12.5. The molecule has 2 aliphatic rings. The lowest BCUT2D eigenvalue weighted by Crippen LogP contribution is -2.46. The summed E-state index contributed by atoms with van der Waals surface area (Å²) in [5.74, 6) is 0.324. The average Bonchev–Trinajstić information content (AvgIpc) is 3.22. The van der Waals surface area contributed by atoms with Crippen molar-refractivity contribution in [3.8, 4) is 0 Å². The second kappa shape index (κ2) is 5.61. The predicted molar refractivity (Wildman–Crippen MR) is 93.2 cm³/mol. The molecule has 130 valence electrons. The Balaban J connectivity index is 1.64. The molecule has 0 saturated carbocycles. The van der Waals surface area contributed by atoms with Gasteiger partial charge in [-0.05, 0) is 31.4 Å². The first-order valence-electron chi connectivity index (χ1n) is 8.34. The third-order valence-electron chi connectivity index (χ3n) is 5.24. The molecule has 3 heterocycles. The van der Waals surface area contributed by atoms with Crippen LogP contribution in [0.5, 0.6) is 0 Å². The molecule has 2 aliphatic heterocycles. The third kappa shape index (κ3) is 2.47. The molecule has 1 aromatic heterocycles. The smallest absolute Gasteiger partial charge is 0.340 e. The number of ether oxygens (including phenoxy) is 1. The number of nitrogens with one attached hydrogen (secondary N) is 2. The third-order valence-corrected chi connectivity index (χ3v) is 5.24. The fraction of sp³-hybridized carbons (Fsp3) is 0.389. The van der Waals surface area contributed by atoms with Gasteiger partial charge in [0.15, 0.2) is 0 Å². The molecule has 2 saturated heterocycles. The monoisotopic (exact) mass is 340 g/mol. The summed E-state index contributed by atoms with van der Waals surface area (Å²) in [7, 11) is 1.36. The molecule has 1 amide bonds. The van der Waals surface area contributed by atoms with Gasteiger partial charge in [0.1, 0.15) is 5.52 Å². The number of carbonyl (C=O) groups excluding carboxylic acids is 2. The van der Waals surface area contributed by atoms with Gasteiger partial charge in [-0.25, -0.2) is 9.78 Å². The predicted octanol–water partition coefficient (Wildman–Crippen LogP) is 1.97. The van der Waals surface area contributed by atoms with Gasteiger partial charge in [0, 0.05) is 18.8 Å². The zero-order valence-corrected chi connectivity index (χ0v) is 14.1. The normalized spacial score (nSPS) is 23.3. The number of allylic oxidation sites excluding steroid dienone is 1. The lowest BCUT2D eigenvalue weighted by atomic mass is 9.78. The number of nitrogens with zero attached hydrogens (tertiary/aromatic N) is 2. The van der Waals surface area contributed by atoms with E-state index in [2.05, 4.69) is 26.8 Å². The van der Waals surface area contributed by atoms with Crippen LogP contribution in [-0.4, -0.2) is 42.0 Å². The molecule has 0 aliphatic carbocycles. The Hall–Kier alpha value is -2.83. The van der Waals surface area contributed by atoms with Gasteiger partial charge in [0.2, 0.25) is 11.9 Å². The van der Waals surface area contributed by atoms with Gasteiger partial charge in [0.05, 0.1) is 23.6 Å². The van der Waals surface area contributed by atoms with Gasteiger partial charge in [0.25, 0.3) is 0 Å². The summed E-state index contributed by atoms with van der Waals surface area (Å²) < 4.78 is 4.83. The van der Waals surface area contributed by atoms with Crippen LogP contribution in [0.15, 0.2) is 30.5 Å². The van der Waals surface area contributed by atoms with Crippen LogP contribution < -0.4 is 10.2 Å². The van der Waals surface area contributed by atoms with Crippen molar-refractivity contribution >= 4 is 28.9 Å². The van der Waals surface area contributed by atoms with Crippen molar-refractivity contribution in [1.82, 2.24) is 15.3 Å². The van der Waals surface area contributed by atoms with Crippen LogP contribution in [0.3, 0.4) is 0 Å². The number of amides is 1. The number of benzene rings is 1. The molecule has 7 heteroatoms. The zero-order chi connectivity index (χ0) is 17.6. The summed E-state index contributed by atoms with van der Waals surface area (Å²) in [6, 6.07) is 5.37. The van der Waals surface area contributed by atoms with Crippen molar-refractivity contribution in [3.05, 3.63) is 36.0 Å². The van der Waals surface area contributed by atoms with Gasteiger partial charge in [-0.15, -0.1) is 0 Å². The van der Waals surface area contributed by atoms with Crippen LogP contribution in [0.4, 0.5) is 5.95 Å². The SMILES string of the molecule is C=C1CCC2(CCN(c3nc4c(C(=O)OC)cccc4[nH]3)C2)C(=O)N1. The Bertz CT molecular complexity index is 888. The van der Waals surface area contributed by atoms with Crippen LogP contribution in [0.1, 0.15) is 29.6 Å². The molecule has 4 rings (SSSR count). The van der Waals surface area contributed by atoms with E-state index in [-0.39, 0.29) is 11.3 Å². The number of H-pyrrole nitrogens is 1. The fourth-order valence-electron chi connectivity index (χ4n) is 3.75. The minimum atomic E-state index is -0.410. The number of fused-ring (bicyclic) bond motifs is 1. The quantitative estimate of drug-likeness (QED) is 0.816. The molecule has 1 atom stereocenters. The van der Waals surface area contributed by atoms with Crippen LogP contribution >= 0.6 is 0 Å². The summed E-state index contributed by atoms with van der Waals surface area (Å²) in [4.78, 5) is 34.3. The molecule has 25 heavy (non-hydrogen) atoms. The number of aromatic amines is 1. The number of aromatic nitrogens is 2. The zero-order valence-electron chi connectivity index (χ0n) is 14.1. The van der Waals surface area contributed by atoms with Crippen molar-refractivity contribution in [3.63, 3.8) is 0 Å². The van der Waals surface area contributed by atoms with Crippen molar-refractivity contribution in [2.75, 3.05) is 25.1 Å². The Morgan fingerprint density at radius 1 is 1.40 bits per heavy atom. The molecule has 1 aromatic carbocycles. The lowest BCUT2D eigenvalue weighted by Gasteiger charge is -2.33. The van der Waals surface area contributed by atoms with Crippen molar-refractivity contribution in [1.29, 1.82) is 0 Å². The van der Waals surface area contributed by atoms with E-state index in [0.29, 0.717) is 23.6 Å². The first-order chi connectivity index (χ1) is 12.0. The molecule has 1 unspecified atom stereocenters. The van der Waals surface area contributed by atoms with E-state index in [0.717, 1.165) is 37.0 Å². The largest absolute Gasteiger partial charge is 0.465 e. The van der Waals surface area contributed by atoms with Crippen LogP contribution in [-0.2, 0) is 9.53 Å². The summed E-state index contributed by atoms with van der Waals surface area (Å²) in [6.45, 7) is 5.21. The number of carbonyl (C=O) groups is 2. The molecular formula is C18H20N4O3. The number of methoxy groups -OCH3 is 1. The van der Waals surface area contributed by atoms with E-state index in [4.69, 9.17) is 4.74 Å². The molecule has 2 aromatic rings. The van der Waals surface area contributed by atoms with Crippen molar-refractivity contribution in [2.24, 2.45) is 5.41 Å². The van der Waals surface area contributed by atoms with E-state index >= 15 is 0 Å². The Labute approximate surface area is 145 Å². The molecule has 1 spiro atoms. The number of rotatable bonds is 2. The maximum absolute atomic E-state index is 12.5. The number of hydrogen-bond acceptors (Lipinski definition) is 5. The minimum Gasteiger partial charge on any atom is -0.465 e. The number of anilines is 1. The molecule has 2 N–H and O–H groups in total. The van der Waals surface area contributed by atoms with Gasteiger partial charge < -0.3 is 19.9 Å². The summed E-state index contributed by atoms with van der Waals surface area (Å²) in [6.07, 6.45) is 2.40. The van der Waals surface area contributed by atoms with Crippen molar-refractivity contribution in [2.45, 2.75) is 19.3 Å². The fourth-order valence-corrected chi connectivity index (χ4v) is 3.75. The van der Waals surface area contributed by atoms with E-state index in [1.165, 1.54) is 7.11 Å².